The summed E-state index contributed by atoms with van der Waals surface area (Å²) in [7, 11) is 0. The second kappa shape index (κ2) is 6.07. The van der Waals surface area contributed by atoms with Crippen LogP contribution in [0.4, 0.5) is 0 Å². The smallest absolute Gasteiger partial charge is 0.0761 e. The molecule has 0 radical (unpaired) electrons. The molecule has 2 heteroatoms. The molecule has 0 aliphatic heterocycles. The Hall–Kier alpha value is -1.25. The molecule has 0 saturated heterocycles. The second-order valence-electron chi connectivity index (χ2n) is 4.52. The fraction of sp³-hybridized carbons (Fsp3) is 0.250. The van der Waals surface area contributed by atoms with E-state index in [2.05, 4.69) is 43.3 Å². The summed E-state index contributed by atoms with van der Waals surface area (Å²) in [5.74, 6) is 0.982. The second-order valence-corrected chi connectivity index (χ2v) is 5.57. The lowest BCUT2D eigenvalue weighted by Crippen LogP contribution is -1.89. The Labute approximate surface area is 113 Å². The molecule has 0 aliphatic rings. The van der Waals surface area contributed by atoms with Crippen LogP contribution < -0.4 is 0 Å². The number of thioether (sulfide) groups is 1. The minimum atomic E-state index is -0.388. The predicted octanol–water partition coefficient (Wildman–Crippen LogP) is 4.34. The van der Waals surface area contributed by atoms with E-state index in [0.717, 1.165) is 11.3 Å². The Bertz CT molecular complexity index is 503. The third kappa shape index (κ3) is 3.62. The summed E-state index contributed by atoms with van der Waals surface area (Å²) in [5, 5.41) is 9.45. The molecule has 0 saturated carbocycles. The van der Waals surface area contributed by atoms with Gasteiger partial charge in [0.15, 0.2) is 0 Å². The van der Waals surface area contributed by atoms with Crippen LogP contribution in [0, 0.1) is 6.92 Å². The Morgan fingerprint density at radius 2 is 1.83 bits per heavy atom. The van der Waals surface area contributed by atoms with E-state index in [9.17, 15) is 5.11 Å². The highest BCUT2D eigenvalue weighted by Gasteiger charge is 2.01. The summed E-state index contributed by atoms with van der Waals surface area (Å²) in [6, 6.07) is 16.7. The predicted molar refractivity (Wildman–Crippen MR) is 77.8 cm³/mol. The van der Waals surface area contributed by atoms with Crippen molar-refractivity contribution in [1.29, 1.82) is 0 Å². The van der Waals surface area contributed by atoms with Crippen LogP contribution in [0.2, 0.25) is 0 Å². The lowest BCUT2D eigenvalue weighted by atomic mass is 10.1. The molecule has 2 aromatic carbocycles. The molecule has 0 heterocycles. The van der Waals surface area contributed by atoms with E-state index >= 15 is 0 Å². The monoisotopic (exact) mass is 258 g/mol. The SMILES string of the molecule is Cc1cccc(CSc2ccc([C@@H](C)O)cc2)c1. The molecule has 0 unspecified atom stereocenters. The largest absolute Gasteiger partial charge is 0.389 e. The third-order valence-electron chi connectivity index (χ3n) is 2.85. The molecule has 18 heavy (non-hydrogen) atoms. The van der Waals surface area contributed by atoms with Gasteiger partial charge in [-0.15, -0.1) is 11.8 Å². The zero-order chi connectivity index (χ0) is 13.0. The maximum atomic E-state index is 9.45. The van der Waals surface area contributed by atoms with Crippen LogP contribution in [0.5, 0.6) is 0 Å². The highest BCUT2D eigenvalue weighted by molar-refractivity contribution is 7.98. The van der Waals surface area contributed by atoms with Gasteiger partial charge in [0.25, 0.3) is 0 Å². The standard InChI is InChI=1S/C16H18OS/c1-12-4-3-5-14(10-12)11-18-16-8-6-15(7-9-16)13(2)17/h3-10,13,17H,11H2,1-2H3/t13-/m1/s1. The highest BCUT2D eigenvalue weighted by Crippen LogP contribution is 2.24. The van der Waals surface area contributed by atoms with E-state index in [1.54, 1.807) is 6.92 Å². The van der Waals surface area contributed by atoms with E-state index < -0.39 is 0 Å². The van der Waals surface area contributed by atoms with Crippen molar-refractivity contribution < 1.29 is 5.11 Å². The van der Waals surface area contributed by atoms with Crippen LogP contribution in [0.25, 0.3) is 0 Å². The van der Waals surface area contributed by atoms with Gasteiger partial charge in [0, 0.05) is 10.6 Å². The highest BCUT2D eigenvalue weighted by atomic mass is 32.2. The van der Waals surface area contributed by atoms with E-state index in [1.807, 2.05) is 23.9 Å². The first-order valence-electron chi connectivity index (χ1n) is 6.11. The van der Waals surface area contributed by atoms with Crippen molar-refractivity contribution in [3.8, 4) is 0 Å². The lowest BCUT2D eigenvalue weighted by Gasteiger charge is -2.06. The van der Waals surface area contributed by atoms with Gasteiger partial charge < -0.3 is 5.11 Å². The molecule has 94 valence electrons. The van der Waals surface area contributed by atoms with E-state index in [0.29, 0.717) is 0 Å². The number of aryl methyl sites for hydroxylation is 1. The average Bonchev–Trinajstić information content (AvgIpc) is 2.37. The first-order valence-corrected chi connectivity index (χ1v) is 7.10. The molecular weight excluding hydrogens is 240 g/mol. The normalized spacial score (nSPS) is 12.4. The summed E-state index contributed by atoms with van der Waals surface area (Å²) in [4.78, 5) is 1.24. The maximum absolute atomic E-state index is 9.45. The summed E-state index contributed by atoms with van der Waals surface area (Å²) in [6.45, 7) is 3.90. The minimum absolute atomic E-state index is 0.388. The van der Waals surface area contributed by atoms with Crippen molar-refractivity contribution in [3.05, 3.63) is 65.2 Å². The Kier molecular flexibility index (Phi) is 4.45. The molecule has 0 spiro atoms. The molecule has 0 aliphatic carbocycles. The fourth-order valence-corrected chi connectivity index (χ4v) is 2.65. The summed E-state index contributed by atoms with van der Waals surface area (Å²) >= 11 is 1.82. The zero-order valence-electron chi connectivity index (χ0n) is 10.8. The van der Waals surface area contributed by atoms with Crippen molar-refractivity contribution in [3.63, 3.8) is 0 Å². The van der Waals surface area contributed by atoms with Gasteiger partial charge in [0.1, 0.15) is 0 Å². The van der Waals surface area contributed by atoms with Crippen LogP contribution in [0.1, 0.15) is 29.7 Å². The van der Waals surface area contributed by atoms with Gasteiger partial charge in [-0.1, -0.05) is 42.0 Å². The molecule has 1 N–H and O–H groups in total. The van der Waals surface area contributed by atoms with E-state index in [4.69, 9.17) is 0 Å². The van der Waals surface area contributed by atoms with Crippen molar-refractivity contribution in [2.24, 2.45) is 0 Å². The first-order chi connectivity index (χ1) is 8.65. The van der Waals surface area contributed by atoms with Crippen LogP contribution in [0.3, 0.4) is 0 Å². The topological polar surface area (TPSA) is 20.2 Å². The third-order valence-corrected chi connectivity index (χ3v) is 3.93. The summed E-state index contributed by atoms with van der Waals surface area (Å²) in [6.07, 6.45) is -0.388. The molecule has 0 bridgehead atoms. The number of rotatable bonds is 4. The lowest BCUT2D eigenvalue weighted by molar-refractivity contribution is 0.199. The molecule has 2 rings (SSSR count). The molecule has 2 aromatic rings. The molecule has 0 aromatic heterocycles. The number of benzene rings is 2. The molecule has 1 atom stereocenters. The average molecular weight is 258 g/mol. The fourth-order valence-electron chi connectivity index (χ4n) is 1.81. The number of hydrogen-bond acceptors (Lipinski definition) is 2. The summed E-state index contributed by atoms with van der Waals surface area (Å²) < 4.78 is 0. The molecule has 0 amide bonds. The van der Waals surface area contributed by atoms with Crippen molar-refractivity contribution in [2.45, 2.75) is 30.6 Å². The number of hydrogen-bond donors (Lipinski definition) is 1. The van der Waals surface area contributed by atoms with Gasteiger partial charge in [-0.3, -0.25) is 0 Å². The Morgan fingerprint density at radius 3 is 2.44 bits per heavy atom. The maximum Gasteiger partial charge on any atom is 0.0761 e. The molecule has 1 nitrogen and oxygen atoms in total. The molecular formula is C16H18OS. The molecule has 0 fully saturated rings. The van der Waals surface area contributed by atoms with Gasteiger partial charge in [0.05, 0.1) is 6.10 Å². The minimum Gasteiger partial charge on any atom is -0.389 e. The Morgan fingerprint density at radius 1 is 1.11 bits per heavy atom. The summed E-state index contributed by atoms with van der Waals surface area (Å²) in [5.41, 5.74) is 3.62. The van der Waals surface area contributed by atoms with Gasteiger partial charge in [-0.05, 0) is 37.1 Å². The Balaban J connectivity index is 1.98. The van der Waals surface area contributed by atoms with Crippen molar-refractivity contribution in [2.75, 3.05) is 0 Å². The van der Waals surface area contributed by atoms with Crippen LogP contribution in [-0.2, 0) is 5.75 Å². The van der Waals surface area contributed by atoms with Crippen LogP contribution >= 0.6 is 11.8 Å². The van der Waals surface area contributed by atoms with Crippen molar-refractivity contribution >= 4 is 11.8 Å². The van der Waals surface area contributed by atoms with Crippen molar-refractivity contribution in [1.82, 2.24) is 0 Å². The van der Waals surface area contributed by atoms with E-state index in [-0.39, 0.29) is 6.10 Å². The van der Waals surface area contributed by atoms with Gasteiger partial charge >= 0.3 is 0 Å². The first kappa shape index (κ1) is 13.2. The quantitative estimate of drug-likeness (QED) is 0.823. The van der Waals surface area contributed by atoms with Crippen LogP contribution in [-0.4, -0.2) is 5.11 Å². The van der Waals surface area contributed by atoms with Gasteiger partial charge in [0.2, 0.25) is 0 Å². The van der Waals surface area contributed by atoms with Crippen LogP contribution in [0.15, 0.2) is 53.4 Å². The van der Waals surface area contributed by atoms with Gasteiger partial charge in [-0.25, -0.2) is 0 Å². The van der Waals surface area contributed by atoms with E-state index in [1.165, 1.54) is 16.0 Å². The number of aliphatic hydroxyl groups is 1. The number of aliphatic hydroxyl groups excluding tert-OH is 1. The van der Waals surface area contributed by atoms with Gasteiger partial charge in [-0.2, -0.15) is 0 Å². The zero-order valence-corrected chi connectivity index (χ0v) is 11.6.